The maximum absolute atomic E-state index is 11.3. The van der Waals surface area contributed by atoms with E-state index in [1.807, 2.05) is 30.7 Å². The van der Waals surface area contributed by atoms with Gasteiger partial charge in [0.15, 0.2) is 5.82 Å². The number of nitrogens with zero attached hydrogens (tertiary/aromatic N) is 3. The van der Waals surface area contributed by atoms with Crippen LogP contribution < -0.4 is 4.74 Å². The average molecular weight is 414 g/mol. The summed E-state index contributed by atoms with van der Waals surface area (Å²) in [6, 6.07) is 13.8. The van der Waals surface area contributed by atoms with Crippen LogP contribution in [-0.2, 0) is 13.6 Å². The van der Waals surface area contributed by atoms with E-state index >= 15 is 0 Å². The van der Waals surface area contributed by atoms with E-state index in [0.717, 1.165) is 34.2 Å². The smallest absolute Gasteiger partial charge is 0.157 e. The molecule has 2 heterocycles. The van der Waals surface area contributed by atoms with Gasteiger partial charge in [0.1, 0.15) is 17.6 Å². The summed E-state index contributed by atoms with van der Waals surface area (Å²) in [5.41, 5.74) is 4.16. The number of para-hydroxylation sites is 1. The summed E-state index contributed by atoms with van der Waals surface area (Å²) in [6.07, 6.45) is 0.802. The summed E-state index contributed by atoms with van der Waals surface area (Å²) in [5, 5.41) is 10.7. The molecule has 6 nitrogen and oxygen atoms in total. The van der Waals surface area contributed by atoms with Gasteiger partial charge in [-0.1, -0.05) is 25.1 Å². The summed E-state index contributed by atoms with van der Waals surface area (Å²) < 4.78 is 9.71. The van der Waals surface area contributed by atoms with Gasteiger partial charge in [-0.2, -0.15) is 0 Å². The predicted molar refractivity (Wildman–Crippen MR) is 117 cm³/mol. The van der Waals surface area contributed by atoms with E-state index in [4.69, 9.17) is 9.72 Å². The van der Waals surface area contributed by atoms with Crippen molar-refractivity contribution in [3.8, 4) is 17.3 Å². The number of hydrogen-bond acceptors (Lipinski definition) is 4. The molecule has 7 heteroatoms. The van der Waals surface area contributed by atoms with Crippen molar-refractivity contribution in [2.45, 2.75) is 13.5 Å². The molecule has 1 unspecified atom stereocenters. The first-order valence-corrected chi connectivity index (χ1v) is 9.26. The zero-order chi connectivity index (χ0) is 19.8. The highest BCUT2D eigenvalue weighted by molar-refractivity contribution is 5.93. The van der Waals surface area contributed by atoms with Gasteiger partial charge in [-0.3, -0.25) is 4.79 Å². The zero-order valence-electron chi connectivity index (χ0n) is 16.6. The number of aromatic nitrogens is 3. The molecule has 152 valence electrons. The molecule has 0 bridgehead atoms. The Balaban J connectivity index is 0.00000240. The van der Waals surface area contributed by atoms with E-state index < -0.39 is 0 Å². The van der Waals surface area contributed by atoms with Gasteiger partial charge in [0.05, 0.1) is 18.3 Å². The van der Waals surface area contributed by atoms with Gasteiger partial charge in [0.25, 0.3) is 0 Å². The minimum absolute atomic E-state index is 0. The van der Waals surface area contributed by atoms with Crippen molar-refractivity contribution < 1.29 is 14.6 Å². The largest absolute Gasteiger partial charge is 0.494 e. The fraction of sp³-hybridized carbons (Fsp3) is 0.273. The summed E-state index contributed by atoms with van der Waals surface area (Å²) in [4.78, 5) is 16.1. The molecule has 0 amide bonds. The lowest BCUT2D eigenvalue weighted by atomic mass is 10.2. The molecule has 4 rings (SSSR count). The molecule has 0 aliphatic heterocycles. The SMILES string of the molecule is COc1cc(C=O)cc2nc(-c3cc4ccccc4n3CC(C)CO)n(C)c12.Cl. The van der Waals surface area contributed by atoms with E-state index in [1.165, 1.54) is 0 Å². The number of aldehydes is 1. The molecule has 0 radical (unpaired) electrons. The fourth-order valence-electron chi connectivity index (χ4n) is 3.75. The predicted octanol–water partition coefficient (Wildman–Crippen LogP) is 4.07. The van der Waals surface area contributed by atoms with Crippen molar-refractivity contribution in [1.29, 1.82) is 0 Å². The highest BCUT2D eigenvalue weighted by Crippen LogP contribution is 2.34. The number of carbonyl (C=O) groups is 1. The lowest BCUT2D eigenvalue weighted by molar-refractivity contribution is 0.112. The monoisotopic (exact) mass is 413 g/mol. The molecule has 29 heavy (non-hydrogen) atoms. The Morgan fingerprint density at radius 1 is 1.24 bits per heavy atom. The molecule has 0 saturated carbocycles. The van der Waals surface area contributed by atoms with Crippen LogP contribution in [0.4, 0.5) is 0 Å². The molecule has 0 aliphatic carbocycles. The maximum atomic E-state index is 11.3. The van der Waals surface area contributed by atoms with Crippen LogP contribution in [0.2, 0.25) is 0 Å². The number of aliphatic hydroxyl groups excluding tert-OH is 1. The quantitative estimate of drug-likeness (QED) is 0.484. The number of benzene rings is 2. The molecule has 1 N–H and O–H groups in total. The van der Waals surface area contributed by atoms with Crippen LogP contribution in [-0.4, -0.2) is 39.2 Å². The molecule has 0 aliphatic rings. The Kier molecular flexibility index (Phi) is 5.96. The van der Waals surface area contributed by atoms with Crippen molar-refractivity contribution in [2.75, 3.05) is 13.7 Å². The Morgan fingerprint density at radius 3 is 2.69 bits per heavy atom. The summed E-state index contributed by atoms with van der Waals surface area (Å²) in [5.74, 6) is 1.52. The number of aliphatic hydroxyl groups is 1. The third-order valence-corrected chi connectivity index (χ3v) is 5.16. The number of hydrogen-bond donors (Lipinski definition) is 1. The van der Waals surface area contributed by atoms with Gasteiger partial charge in [-0.05, 0) is 30.2 Å². The molecule has 1 atom stereocenters. The standard InChI is InChI=1S/C22H23N3O3.ClH/c1-14(12-26)11-25-18-7-5-4-6-16(18)10-19(25)22-23-17-8-15(13-27)9-20(28-3)21(17)24(22)2;/h4-10,13-14,26H,11-12H2,1-3H3;1H. The van der Waals surface area contributed by atoms with E-state index in [0.29, 0.717) is 23.4 Å². The van der Waals surface area contributed by atoms with Crippen LogP contribution in [0.3, 0.4) is 0 Å². The Morgan fingerprint density at radius 2 is 2.00 bits per heavy atom. The van der Waals surface area contributed by atoms with E-state index in [1.54, 1.807) is 19.2 Å². The number of ether oxygens (including phenoxy) is 1. The fourth-order valence-corrected chi connectivity index (χ4v) is 3.75. The normalized spacial score (nSPS) is 12.1. The number of rotatable bonds is 6. The molecular formula is C22H24ClN3O3. The third kappa shape index (κ3) is 3.50. The topological polar surface area (TPSA) is 69.3 Å². The van der Waals surface area contributed by atoms with Gasteiger partial charge < -0.3 is 19.0 Å². The lowest BCUT2D eigenvalue weighted by Crippen LogP contribution is -2.12. The van der Waals surface area contributed by atoms with Gasteiger partial charge in [0.2, 0.25) is 0 Å². The number of carbonyl (C=O) groups excluding carboxylic acids is 1. The van der Waals surface area contributed by atoms with Crippen LogP contribution in [0.15, 0.2) is 42.5 Å². The average Bonchev–Trinajstić information content (AvgIpc) is 3.24. The van der Waals surface area contributed by atoms with Crippen molar-refractivity contribution in [3.05, 3.63) is 48.0 Å². The van der Waals surface area contributed by atoms with Gasteiger partial charge >= 0.3 is 0 Å². The zero-order valence-corrected chi connectivity index (χ0v) is 17.4. The van der Waals surface area contributed by atoms with Crippen LogP contribution in [0.25, 0.3) is 33.5 Å². The Labute approximate surface area is 175 Å². The van der Waals surface area contributed by atoms with Crippen molar-refractivity contribution in [3.63, 3.8) is 0 Å². The number of imidazole rings is 1. The minimum atomic E-state index is 0. The number of methoxy groups -OCH3 is 1. The first-order chi connectivity index (χ1) is 13.6. The second kappa shape index (κ2) is 8.27. The second-order valence-electron chi connectivity index (χ2n) is 7.19. The molecule has 2 aromatic heterocycles. The number of aryl methyl sites for hydroxylation is 1. The molecule has 0 fully saturated rings. The van der Waals surface area contributed by atoms with E-state index in [9.17, 15) is 9.90 Å². The van der Waals surface area contributed by atoms with Crippen LogP contribution in [0, 0.1) is 5.92 Å². The van der Waals surface area contributed by atoms with E-state index in [-0.39, 0.29) is 24.9 Å². The molecule has 0 saturated heterocycles. The van der Waals surface area contributed by atoms with Crippen molar-refractivity contribution in [1.82, 2.24) is 14.1 Å². The molecular weight excluding hydrogens is 390 g/mol. The molecule has 2 aromatic carbocycles. The Bertz CT molecular complexity index is 1180. The summed E-state index contributed by atoms with van der Waals surface area (Å²) in [7, 11) is 3.54. The van der Waals surface area contributed by atoms with Gasteiger partial charge in [-0.15, -0.1) is 12.4 Å². The lowest BCUT2D eigenvalue weighted by Gasteiger charge is -2.15. The first kappa shape index (κ1) is 20.9. The Hall–Kier alpha value is -2.83. The maximum Gasteiger partial charge on any atom is 0.157 e. The van der Waals surface area contributed by atoms with Crippen molar-refractivity contribution >= 4 is 40.6 Å². The highest BCUT2D eigenvalue weighted by Gasteiger charge is 2.20. The third-order valence-electron chi connectivity index (χ3n) is 5.16. The second-order valence-corrected chi connectivity index (χ2v) is 7.19. The first-order valence-electron chi connectivity index (χ1n) is 9.26. The summed E-state index contributed by atoms with van der Waals surface area (Å²) in [6.45, 7) is 2.82. The van der Waals surface area contributed by atoms with Gasteiger partial charge in [-0.25, -0.2) is 4.98 Å². The molecule has 4 aromatic rings. The molecule has 0 spiro atoms. The van der Waals surface area contributed by atoms with Crippen LogP contribution in [0.5, 0.6) is 5.75 Å². The minimum Gasteiger partial charge on any atom is -0.494 e. The highest BCUT2D eigenvalue weighted by atomic mass is 35.5. The van der Waals surface area contributed by atoms with Crippen LogP contribution in [0.1, 0.15) is 17.3 Å². The van der Waals surface area contributed by atoms with Gasteiger partial charge in [0, 0.05) is 36.7 Å². The van der Waals surface area contributed by atoms with E-state index in [2.05, 4.69) is 22.8 Å². The number of fused-ring (bicyclic) bond motifs is 2. The number of halogens is 1. The van der Waals surface area contributed by atoms with Crippen LogP contribution >= 0.6 is 12.4 Å². The van der Waals surface area contributed by atoms with Crippen molar-refractivity contribution in [2.24, 2.45) is 13.0 Å². The summed E-state index contributed by atoms with van der Waals surface area (Å²) >= 11 is 0.